The molecular weight excluding hydrogens is 260 g/mol. The molecule has 1 unspecified atom stereocenters. The van der Waals surface area contributed by atoms with Gasteiger partial charge in [0.25, 0.3) is 0 Å². The van der Waals surface area contributed by atoms with E-state index < -0.39 is 5.41 Å². The molecule has 2 rings (SSSR count). The number of nitrogens with two attached hydrogens (primary N) is 1. The Labute approximate surface area is 120 Å². The summed E-state index contributed by atoms with van der Waals surface area (Å²) in [6.45, 7) is 3.63. The van der Waals surface area contributed by atoms with Gasteiger partial charge >= 0.3 is 0 Å². The van der Waals surface area contributed by atoms with Crippen molar-refractivity contribution in [2.45, 2.75) is 51.6 Å². The molecule has 1 aliphatic heterocycles. The summed E-state index contributed by atoms with van der Waals surface area (Å²) in [6, 6.07) is 0. The molecule has 5 heteroatoms. The average Bonchev–Trinajstić information content (AvgIpc) is 2.35. The molecule has 0 aromatic heterocycles. The first-order valence-corrected chi connectivity index (χ1v) is 7.65. The van der Waals surface area contributed by atoms with Crippen LogP contribution in [-0.2, 0) is 9.53 Å². The van der Waals surface area contributed by atoms with Gasteiger partial charge in [0.05, 0.1) is 16.5 Å². The summed E-state index contributed by atoms with van der Waals surface area (Å²) in [5, 5.41) is 2.99. The lowest BCUT2D eigenvalue weighted by molar-refractivity contribution is -0.133. The minimum Gasteiger partial charge on any atom is -0.392 e. The van der Waals surface area contributed by atoms with Crippen LogP contribution in [0, 0.1) is 11.3 Å². The van der Waals surface area contributed by atoms with Gasteiger partial charge in [-0.15, -0.1) is 0 Å². The second kappa shape index (κ2) is 6.18. The Bertz CT molecular complexity index is 347. The van der Waals surface area contributed by atoms with Crippen LogP contribution in [0.3, 0.4) is 0 Å². The molecule has 19 heavy (non-hydrogen) atoms. The number of carbonyl (C=O) groups is 1. The molecule has 0 aromatic rings. The van der Waals surface area contributed by atoms with E-state index in [9.17, 15) is 4.79 Å². The molecule has 0 radical (unpaired) electrons. The molecule has 1 atom stereocenters. The second-order valence-electron chi connectivity index (χ2n) is 5.99. The highest BCUT2D eigenvalue weighted by Gasteiger charge is 2.50. The van der Waals surface area contributed by atoms with Crippen molar-refractivity contribution in [3.63, 3.8) is 0 Å². The SMILES string of the molecule is CC1CC(C(=O)NCCC2CCCCO2)(C(N)=S)C1. The number of hydrogen-bond acceptors (Lipinski definition) is 3. The first-order valence-electron chi connectivity index (χ1n) is 7.24. The zero-order valence-electron chi connectivity index (χ0n) is 11.6. The summed E-state index contributed by atoms with van der Waals surface area (Å²) >= 11 is 5.08. The minimum absolute atomic E-state index is 0.00825. The van der Waals surface area contributed by atoms with Crippen molar-refractivity contribution in [2.24, 2.45) is 17.1 Å². The first-order chi connectivity index (χ1) is 9.04. The van der Waals surface area contributed by atoms with Crippen molar-refractivity contribution in [2.75, 3.05) is 13.2 Å². The number of rotatable bonds is 5. The van der Waals surface area contributed by atoms with Crippen molar-refractivity contribution in [3.05, 3.63) is 0 Å². The van der Waals surface area contributed by atoms with E-state index in [0.717, 1.165) is 38.7 Å². The van der Waals surface area contributed by atoms with E-state index in [4.69, 9.17) is 22.7 Å². The van der Waals surface area contributed by atoms with Gasteiger partial charge in [-0.2, -0.15) is 0 Å². The number of nitrogens with one attached hydrogen (secondary N) is 1. The quantitative estimate of drug-likeness (QED) is 0.755. The molecule has 1 saturated carbocycles. The molecule has 3 N–H and O–H groups in total. The highest BCUT2D eigenvalue weighted by atomic mass is 32.1. The maximum Gasteiger partial charge on any atom is 0.233 e. The van der Waals surface area contributed by atoms with Gasteiger partial charge in [0.2, 0.25) is 5.91 Å². The van der Waals surface area contributed by atoms with E-state index >= 15 is 0 Å². The third-order valence-corrected chi connectivity index (χ3v) is 4.72. The van der Waals surface area contributed by atoms with Crippen molar-refractivity contribution in [1.29, 1.82) is 0 Å². The zero-order chi connectivity index (χ0) is 13.9. The van der Waals surface area contributed by atoms with Crippen LogP contribution in [0.25, 0.3) is 0 Å². The van der Waals surface area contributed by atoms with Crippen LogP contribution >= 0.6 is 12.2 Å². The number of hydrogen-bond donors (Lipinski definition) is 2. The van der Waals surface area contributed by atoms with Gasteiger partial charge in [0.1, 0.15) is 0 Å². The fourth-order valence-electron chi connectivity index (χ4n) is 3.18. The highest BCUT2D eigenvalue weighted by molar-refractivity contribution is 7.80. The fourth-order valence-corrected chi connectivity index (χ4v) is 3.44. The topological polar surface area (TPSA) is 64.3 Å². The molecule has 2 fully saturated rings. The summed E-state index contributed by atoms with van der Waals surface area (Å²) in [6.07, 6.45) is 6.25. The normalized spacial score (nSPS) is 34.4. The predicted octanol–water partition coefficient (Wildman–Crippen LogP) is 1.76. The summed E-state index contributed by atoms with van der Waals surface area (Å²) in [4.78, 5) is 12.6. The van der Waals surface area contributed by atoms with Crippen molar-refractivity contribution < 1.29 is 9.53 Å². The zero-order valence-corrected chi connectivity index (χ0v) is 12.4. The smallest absolute Gasteiger partial charge is 0.233 e. The Hall–Kier alpha value is -0.680. The Kier molecular flexibility index (Phi) is 4.79. The summed E-state index contributed by atoms with van der Waals surface area (Å²) in [5.74, 6) is 0.544. The third-order valence-electron chi connectivity index (χ3n) is 4.33. The molecule has 2 aliphatic rings. The third kappa shape index (κ3) is 3.26. The summed E-state index contributed by atoms with van der Waals surface area (Å²) < 4.78 is 5.65. The van der Waals surface area contributed by atoms with Gasteiger partial charge < -0.3 is 15.8 Å². The summed E-state index contributed by atoms with van der Waals surface area (Å²) in [7, 11) is 0. The lowest BCUT2D eigenvalue weighted by Crippen LogP contribution is -2.56. The van der Waals surface area contributed by atoms with Crippen molar-refractivity contribution >= 4 is 23.1 Å². The molecular formula is C14H24N2O2S. The number of thiocarbonyl (C=S) groups is 1. The second-order valence-corrected chi connectivity index (χ2v) is 6.43. The number of amides is 1. The van der Waals surface area contributed by atoms with Crippen LogP contribution in [0.15, 0.2) is 0 Å². The van der Waals surface area contributed by atoms with Gasteiger partial charge in [-0.1, -0.05) is 19.1 Å². The lowest BCUT2D eigenvalue weighted by atomic mass is 9.62. The summed E-state index contributed by atoms with van der Waals surface area (Å²) in [5.41, 5.74) is 5.18. The van der Waals surface area contributed by atoms with Crippen LogP contribution in [-0.4, -0.2) is 30.2 Å². The molecule has 1 saturated heterocycles. The maximum atomic E-state index is 12.3. The van der Waals surface area contributed by atoms with Crippen LogP contribution in [0.4, 0.5) is 0 Å². The standard InChI is InChI=1S/C14H24N2O2S/c1-10-8-14(9-10,12(15)19)13(17)16-6-5-11-4-2-3-7-18-11/h10-11H,2-9H2,1H3,(H2,15,19)(H,16,17). The van der Waals surface area contributed by atoms with E-state index in [1.165, 1.54) is 6.42 Å². The fraction of sp³-hybridized carbons (Fsp3) is 0.857. The average molecular weight is 284 g/mol. The molecule has 0 spiro atoms. The van der Waals surface area contributed by atoms with Crippen molar-refractivity contribution in [3.8, 4) is 0 Å². The first kappa shape index (κ1) is 14.7. The Morgan fingerprint density at radius 1 is 1.47 bits per heavy atom. The lowest BCUT2D eigenvalue weighted by Gasteiger charge is -2.44. The maximum absolute atomic E-state index is 12.3. The predicted molar refractivity (Wildman–Crippen MR) is 78.8 cm³/mol. The highest BCUT2D eigenvalue weighted by Crippen LogP contribution is 2.45. The Balaban J connectivity index is 1.75. The molecule has 108 valence electrons. The largest absolute Gasteiger partial charge is 0.392 e. The van der Waals surface area contributed by atoms with Gasteiger partial charge in [0, 0.05) is 13.2 Å². The molecule has 0 bridgehead atoms. The molecule has 1 aliphatic carbocycles. The monoisotopic (exact) mass is 284 g/mol. The van der Waals surface area contributed by atoms with Crippen LogP contribution < -0.4 is 11.1 Å². The molecule has 1 heterocycles. The van der Waals surface area contributed by atoms with E-state index in [1.54, 1.807) is 0 Å². The van der Waals surface area contributed by atoms with Gasteiger partial charge in [-0.25, -0.2) is 0 Å². The van der Waals surface area contributed by atoms with Gasteiger partial charge in [-0.05, 0) is 44.4 Å². The van der Waals surface area contributed by atoms with E-state index in [2.05, 4.69) is 12.2 Å². The van der Waals surface area contributed by atoms with Crippen LogP contribution in [0.5, 0.6) is 0 Å². The van der Waals surface area contributed by atoms with Crippen molar-refractivity contribution in [1.82, 2.24) is 5.32 Å². The van der Waals surface area contributed by atoms with Crippen LogP contribution in [0.1, 0.15) is 45.4 Å². The molecule has 4 nitrogen and oxygen atoms in total. The minimum atomic E-state index is -0.581. The number of ether oxygens (including phenoxy) is 1. The van der Waals surface area contributed by atoms with Crippen LogP contribution in [0.2, 0.25) is 0 Å². The van der Waals surface area contributed by atoms with E-state index in [-0.39, 0.29) is 5.91 Å². The van der Waals surface area contributed by atoms with Gasteiger partial charge in [-0.3, -0.25) is 4.79 Å². The van der Waals surface area contributed by atoms with E-state index in [1.807, 2.05) is 0 Å². The van der Waals surface area contributed by atoms with Gasteiger partial charge in [0.15, 0.2) is 0 Å². The van der Waals surface area contributed by atoms with E-state index in [0.29, 0.717) is 23.6 Å². The molecule has 1 amide bonds. The Morgan fingerprint density at radius 2 is 2.21 bits per heavy atom. The number of carbonyl (C=O) groups excluding carboxylic acids is 1. The Morgan fingerprint density at radius 3 is 2.74 bits per heavy atom. The molecule has 0 aromatic carbocycles.